The summed E-state index contributed by atoms with van der Waals surface area (Å²) in [6.07, 6.45) is -0.570. The molecule has 21 heavy (non-hydrogen) atoms. The van der Waals surface area contributed by atoms with Gasteiger partial charge in [-0.15, -0.1) is 0 Å². The third-order valence-electron chi connectivity index (χ3n) is 3.35. The lowest BCUT2D eigenvalue weighted by Gasteiger charge is -2.25. The van der Waals surface area contributed by atoms with Crippen molar-refractivity contribution >= 4 is 17.4 Å². The first-order valence-electron chi connectivity index (χ1n) is 7.00. The second-order valence-electron chi connectivity index (χ2n) is 5.06. The fraction of sp³-hybridized carbons (Fsp3) is 0.375. The highest BCUT2D eigenvalue weighted by Gasteiger charge is 2.15. The number of aromatic nitrogens is 2. The monoisotopic (exact) mass is 305 g/mol. The number of aliphatic hydroxyl groups excluding tert-OH is 1. The summed E-state index contributed by atoms with van der Waals surface area (Å²) >= 11 is 5.98. The van der Waals surface area contributed by atoms with E-state index in [1.54, 1.807) is 13.0 Å². The molecule has 2 rings (SSSR count). The van der Waals surface area contributed by atoms with E-state index in [-0.39, 0.29) is 0 Å². The van der Waals surface area contributed by atoms with Crippen LogP contribution in [0.15, 0.2) is 30.3 Å². The quantitative estimate of drug-likeness (QED) is 0.861. The topological polar surface area (TPSA) is 49.2 Å². The molecule has 0 radical (unpaired) electrons. The highest BCUT2D eigenvalue weighted by Crippen LogP contribution is 2.20. The van der Waals surface area contributed by atoms with Crippen molar-refractivity contribution in [1.29, 1.82) is 0 Å². The molecule has 5 heteroatoms. The molecule has 2 aromatic rings. The molecule has 0 fully saturated rings. The lowest BCUT2D eigenvalue weighted by molar-refractivity contribution is 0.183. The molecule has 0 saturated heterocycles. The molecule has 0 amide bonds. The van der Waals surface area contributed by atoms with Crippen molar-refractivity contribution in [2.75, 3.05) is 18.0 Å². The number of anilines is 1. The zero-order valence-corrected chi connectivity index (χ0v) is 13.3. The van der Waals surface area contributed by atoms with Crippen LogP contribution in [0.3, 0.4) is 0 Å². The zero-order chi connectivity index (χ0) is 15.4. The summed E-state index contributed by atoms with van der Waals surface area (Å²) in [5.41, 5.74) is 2.08. The Labute approximate surface area is 130 Å². The minimum atomic E-state index is -0.570. The minimum Gasteiger partial charge on any atom is -0.387 e. The van der Waals surface area contributed by atoms with Crippen molar-refractivity contribution in [2.24, 2.45) is 0 Å². The first-order chi connectivity index (χ1) is 9.99. The number of aliphatic hydroxyl groups is 1. The molecule has 112 valence electrons. The third kappa shape index (κ3) is 4.16. The second kappa shape index (κ2) is 6.87. The molecule has 1 heterocycles. The molecule has 4 nitrogen and oxygen atoms in total. The van der Waals surface area contributed by atoms with E-state index in [0.717, 1.165) is 17.9 Å². The van der Waals surface area contributed by atoms with Crippen molar-refractivity contribution in [1.82, 2.24) is 9.97 Å². The van der Waals surface area contributed by atoms with Crippen molar-refractivity contribution in [3.05, 3.63) is 52.4 Å². The first kappa shape index (κ1) is 15.7. The summed E-state index contributed by atoms with van der Waals surface area (Å²) < 4.78 is 0. The predicted octanol–water partition coefficient (Wildman–Crippen LogP) is 3.31. The summed E-state index contributed by atoms with van der Waals surface area (Å²) in [4.78, 5) is 10.4. The van der Waals surface area contributed by atoms with Gasteiger partial charge in [0.1, 0.15) is 16.8 Å². The Balaban J connectivity index is 2.16. The van der Waals surface area contributed by atoms with Gasteiger partial charge in [0.25, 0.3) is 0 Å². The molecule has 0 spiro atoms. The third-order valence-corrected chi connectivity index (χ3v) is 3.55. The Morgan fingerprint density at radius 1 is 1.19 bits per heavy atom. The number of hydrogen-bond donors (Lipinski definition) is 1. The van der Waals surface area contributed by atoms with E-state index < -0.39 is 6.10 Å². The van der Waals surface area contributed by atoms with Gasteiger partial charge in [0.2, 0.25) is 0 Å². The summed E-state index contributed by atoms with van der Waals surface area (Å²) in [6, 6.07) is 9.62. The van der Waals surface area contributed by atoms with Crippen LogP contribution >= 0.6 is 11.6 Å². The summed E-state index contributed by atoms with van der Waals surface area (Å²) in [6.45, 7) is 7.05. The summed E-state index contributed by atoms with van der Waals surface area (Å²) in [5.74, 6) is 1.36. The Kier molecular flexibility index (Phi) is 5.15. The normalized spacial score (nSPS) is 12.2. The van der Waals surface area contributed by atoms with Crippen LogP contribution in [0.1, 0.15) is 30.0 Å². The van der Waals surface area contributed by atoms with Crippen molar-refractivity contribution in [3.8, 4) is 0 Å². The minimum absolute atomic E-state index is 0.417. The average molecular weight is 306 g/mol. The lowest BCUT2D eigenvalue weighted by atomic mass is 10.1. The van der Waals surface area contributed by atoms with Gasteiger partial charge in [-0.1, -0.05) is 41.4 Å². The van der Waals surface area contributed by atoms with Gasteiger partial charge in [0.15, 0.2) is 0 Å². The number of hydrogen-bond acceptors (Lipinski definition) is 4. The average Bonchev–Trinajstić information content (AvgIpc) is 2.44. The van der Waals surface area contributed by atoms with Gasteiger partial charge in [0, 0.05) is 19.2 Å². The van der Waals surface area contributed by atoms with Crippen LogP contribution < -0.4 is 4.90 Å². The van der Waals surface area contributed by atoms with Gasteiger partial charge in [-0.05, 0) is 26.3 Å². The highest BCUT2D eigenvalue weighted by molar-refractivity contribution is 6.29. The zero-order valence-electron chi connectivity index (χ0n) is 12.5. The van der Waals surface area contributed by atoms with Gasteiger partial charge in [-0.25, -0.2) is 9.97 Å². The Hall–Kier alpha value is -1.65. The fourth-order valence-corrected chi connectivity index (χ4v) is 2.39. The fourth-order valence-electron chi connectivity index (χ4n) is 2.17. The number of aryl methyl sites for hydroxylation is 2. The maximum Gasteiger partial charge on any atom is 0.134 e. The predicted molar refractivity (Wildman–Crippen MR) is 85.8 cm³/mol. The molecule has 1 aromatic carbocycles. The van der Waals surface area contributed by atoms with Gasteiger partial charge in [-0.2, -0.15) is 0 Å². The molecule has 1 N–H and O–H groups in total. The van der Waals surface area contributed by atoms with E-state index in [9.17, 15) is 5.11 Å². The Morgan fingerprint density at radius 2 is 1.86 bits per heavy atom. The molecule has 0 saturated carbocycles. The number of rotatable bonds is 5. The van der Waals surface area contributed by atoms with E-state index in [2.05, 4.69) is 9.97 Å². The first-order valence-corrected chi connectivity index (χ1v) is 7.38. The Bertz CT molecular complexity index is 581. The number of benzene rings is 1. The molecule has 0 aliphatic rings. The van der Waals surface area contributed by atoms with E-state index in [0.29, 0.717) is 17.5 Å². The van der Waals surface area contributed by atoms with Crippen LogP contribution in [-0.4, -0.2) is 28.2 Å². The molecule has 0 aliphatic carbocycles. The van der Waals surface area contributed by atoms with Crippen LogP contribution in [-0.2, 0) is 0 Å². The number of halogens is 1. The van der Waals surface area contributed by atoms with Crippen LogP contribution in [0.5, 0.6) is 0 Å². The smallest absolute Gasteiger partial charge is 0.134 e. The molecular weight excluding hydrogens is 286 g/mol. The maximum absolute atomic E-state index is 10.4. The van der Waals surface area contributed by atoms with Gasteiger partial charge in [-0.3, -0.25) is 0 Å². The van der Waals surface area contributed by atoms with Gasteiger partial charge >= 0.3 is 0 Å². The maximum atomic E-state index is 10.4. The van der Waals surface area contributed by atoms with Crippen molar-refractivity contribution in [2.45, 2.75) is 26.9 Å². The van der Waals surface area contributed by atoms with E-state index >= 15 is 0 Å². The van der Waals surface area contributed by atoms with Crippen molar-refractivity contribution < 1.29 is 5.11 Å². The van der Waals surface area contributed by atoms with E-state index in [4.69, 9.17) is 11.6 Å². The standard InChI is InChI=1S/C16H20ClN3O/c1-4-20(16-9-15(17)18-12(3)19-16)10-14(21)13-7-5-11(2)6-8-13/h5-9,14,21H,4,10H2,1-3H3. The lowest BCUT2D eigenvalue weighted by Crippen LogP contribution is -2.29. The second-order valence-corrected chi connectivity index (χ2v) is 5.45. The highest BCUT2D eigenvalue weighted by atomic mass is 35.5. The largest absolute Gasteiger partial charge is 0.387 e. The summed E-state index contributed by atoms with van der Waals surface area (Å²) in [7, 11) is 0. The van der Waals surface area contributed by atoms with Crippen molar-refractivity contribution in [3.63, 3.8) is 0 Å². The van der Waals surface area contributed by atoms with Crippen LogP contribution in [0.2, 0.25) is 5.15 Å². The molecule has 1 unspecified atom stereocenters. The van der Waals surface area contributed by atoms with Gasteiger partial charge in [0.05, 0.1) is 6.10 Å². The molecule has 1 atom stereocenters. The molecule has 0 bridgehead atoms. The Morgan fingerprint density at radius 3 is 2.43 bits per heavy atom. The number of likely N-dealkylation sites (N-methyl/N-ethyl adjacent to an activating group) is 1. The van der Waals surface area contributed by atoms with Gasteiger partial charge < -0.3 is 10.0 Å². The number of nitrogens with zero attached hydrogens (tertiary/aromatic N) is 3. The molecule has 1 aromatic heterocycles. The van der Waals surface area contributed by atoms with E-state index in [1.807, 2.05) is 43.0 Å². The summed E-state index contributed by atoms with van der Waals surface area (Å²) in [5, 5.41) is 10.8. The van der Waals surface area contributed by atoms with Crippen LogP contribution in [0.25, 0.3) is 0 Å². The van der Waals surface area contributed by atoms with Crippen LogP contribution in [0, 0.1) is 13.8 Å². The molecule has 0 aliphatic heterocycles. The van der Waals surface area contributed by atoms with Crippen LogP contribution in [0.4, 0.5) is 5.82 Å². The van der Waals surface area contributed by atoms with E-state index in [1.165, 1.54) is 5.56 Å². The molecular formula is C16H20ClN3O. The SMILES string of the molecule is CCN(CC(O)c1ccc(C)cc1)c1cc(Cl)nc(C)n1.